The topological polar surface area (TPSA) is 69.1 Å². The number of aromatic nitrogens is 1. The number of aliphatic hydroxyl groups excluding tert-OH is 1. The van der Waals surface area contributed by atoms with Crippen LogP contribution < -0.4 is 0 Å². The standard InChI is InChI=1S/C15H24N4O3S/c20-8-5-17-1-3-19(4-2-17)15(21)13-12-23-14(16-13)11-18-6-9-22-10-7-18/h12,20H,1-11H2. The average molecular weight is 340 g/mol. The molecule has 2 aliphatic heterocycles. The molecule has 3 rings (SSSR count). The smallest absolute Gasteiger partial charge is 0.273 e. The molecule has 0 unspecified atom stereocenters. The zero-order valence-electron chi connectivity index (χ0n) is 13.3. The Morgan fingerprint density at radius 3 is 2.61 bits per heavy atom. The number of β-amino-alcohol motifs (C(OH)–C–C–N with tert-alkyl or cyclic N) is 1. The quantitative estimate of drug-likeness (QED) is 0.796. The van der Waals surface area contributed by atoms with E-state index in [0.717, 1.165) is 50.9 Å². The minimum atomic E-state index is 0.0260. The zero-order chi connectivity index (χ0) is 16.1. The van der Waals surface area contributed by atoms with Crippen molar-refractivity contribution in [1.82, 2.24) is 19.7 Å². The van der Waals surface area contributed by atoms with Crippen molar-refractivity contribution in [2.75, 3.05) is 65.6 Å². The summed E-state index contributed by atoms with van der Waals surface area (Å²) in [6.45, 7) is 8.09. The van der Waals surface area contributed by atoms with E-state index in [0.29, 0.717) is 25.3 Å². The molecule has 1 N–H and O–H groups in total. The number of thiazole rings is 1. The van der Waals surface area contributed by atoms with Gasteiger partial charge in [0.25, 0.3) is 5.91 Å². The monoisotopic (exact) mass is 340 g/mol. The molecule has 0 bridgehead atoms. The lowest BCUT2D eigenvalue weighted by Crippen LogP contribution is -2.49. The molecule has 2 aliphatic rings. The molecule has 2 saturated heterocycles. The number of hydrogen-bond acceptors (Lipinski definition) is 7. The predicted molar refractivity (Wildman–Crippen MR) is 87.6 cm³/mol. The van der Waals surface area contributed by atoms with Gasteiger partial charge in [-0.05, 0) is 0 Å². The largest absolute Gasteiger partial charge is 0.395 e. The van der Waals surface area contributed by atoms with Crippen LogP contribution >= 0.6 is 11.3 Å². The number of morpholine rings is 1. The summed E-state index contributed by atoms with van der Waals surface area (Å²) in [5.41, 5.74) is 0.564. The number of piperazine rings is 1. The number of nitrogens with zero attached hydrogens (tertiary/aromatic N) is 4. The first kappa shape index (κ1) is 16.8. The van der Waals surface area contributed by atoms with Crippen molar-refractivity contribution in [3.8, 4) is 0 Å². The number of carbonyl (C=O) groups is 1. The Morgan fingerprint density at radius 1 is 1.17 bits per heavy atom. The van der Waals surface area contributed by atoms with Gasteiger partial charge in [-0.2, -0.15) is 0 Å². The van der Waals surface area contributed by atoms with E-state index in [1.165, 1.54) is 0 Å². The molecule has 0 aliphatic carbocycles. The maximum atomic E-state index is 12.5. The van der Waals surface area contributed by atoms with Gasteiger partial charge in [-0.1, -0.05) is 0 Å². The van der Waals surface area contributed by atoms with Gasteiger partial charge in [0.05, 0.1) is 26.4 Å². The van der Waals surface area contributed by atoms with E-state index >= 15 is 0 Å². The lowest BCUT2D eigenvalue weighted by Gasteiger charge is -2.33. The second-order valence-corrected chi connectivity index (χ2v) is 6.82. The lowest BCUT2D eigenvalue weighted by molar-refractivity contribution is 0.0341. The van der Waals surface area contributed by atoms with Gasteiger partial charge in [0.1, 0.15) is 10.7 Å². The summed E-state index contributed by atoms with van der Waals surface area (Å²) in [6.07, 6.45) is 0. The fourth-order valence-corrected chi connectivity index (χ4v) is 3.72. The van der Waals surface area contributed by atoms with Crippen LogP contribution in [-0.4, -0.2) is 96.3 Å². The number of hydrogen-bond donors (Lipinski definition) is 1. The highest BCUT2D eigenvalue weighted by atomic mass is 32.1. The molecule has 0 spiro atoms. The number of amides is 1. The molecule has 128 valence electrons. The lowest BCUT2D eigenvalue weighted by atomic mass is 10.3. The molecular weight excluding hydrogens is 316 g/mol. The van der Waals surface area contributed by atoms with Gasteiger partial charge in [-0.15, -0.1) is 11.3 Å². The SMILES string of the molecule is O=C(c1csc(CN2CCOCC2)n1)N1CCN(CCO)CC1. The van der Waals surface area contributed by atoms with E-state index in [9.17, 15) is 4.79 Å². The third-order valence-corrected chi connectivity index (χ3v) is 5.14. The predicted octanol–water partition coefficient (Wildman–Crippen LogP) is -0.275. The van der Waals surface area contributed by atoms with Crippen LogP contribution in [0.15, 0.2) is 5.38 Å². The highest BCUT2D eigenvalue weighted by Gasteiger charge is 2.24. The summed E-state index contributed by atoms with van der Waals surface area (Å²) in [7, 11) is 0. The third-order valence-electron chi connectivity index (χ3n) is 4.31. The molecule has 0 atom stereocenters. The van der Waals surface area contributed by atoms with Gasteiger partial charge in [-0.25, -0.2) is 4.98 Å². The first-order chi connectivity index (χ1) is 11.3. The van der Waals surface area contributed by atoms with E-state index in [1.54, 1.807) is 11.3 Å². The van der Waals surface area contributed by atoms with Crippen LogP contribution in [0.4, 0.5) is 0 Å². The van der Waals surface area contributed by atoms with Crippen LogP contribution in [-0.2, 0) is 11.3 Å². The molecule has 2 fully saturated rings. The number of ether oxygens (including phenoxy) is 1. The summed E-state index contributed by atoms with van der Waals surface area (Å²) in [5.74, 6) is 0.0260. The number of aliphatic hydroxyl groups is 1. The second-order valence-electron chi connectivity index (χ2n) is 5.87. The van der Waals surface area contributed by atoms with Crippen molar-refractivity contribution in [3.63, 3.8) is 0 Å². The Balaban J connectivity index is 1.52. The van der Waals surface area contributed by atoms with Crippen molar-refractivity contribution in [3.05, 3.63) is 16.1 Å². The van der Waals surface area contributed by atoms with Crippen molar-refractivity contribution in [1.29, 1.82) is 0 Å². The molecule has 1 amide bonds. The van der Waals surface area contributed by atoms with E-state index in [1.807, 2.05) is 10.3 Å². The van der Waals surface area contributed by atoms with Crippen LogP contribution in [0.5, 0.6) is 0 Å². The summed E-state index contributed by atoms with van der Waals surface area (Å²) < 4.78 is 5.35. The molecule has 0 radical (unpaired) electrons. The first-order valence-electron chi connectivity index (χ1n) is 8.13. The van der Waals surface area contributed by atoms with Crippen LogP contribution in [0, 0.1) is 0 Å². The van der Waals surface area contributed by atoms with E-state index in [2.05, 4.69) is 14.8 Å². The maximum absolute atomic E-state index is 12.5. The maximum Gasteiger partial charge on any atom is 0.273 e. The summed E-state index contributed by atoms with van der Waals surface area (Å²) in [5, 5.41) is 11.8. The Kier molecular flexibility index (Phi) is 5.96. The van der Waals surface area contributed by atoms with E-state index < -0.39 is 0 Å². The van der Waals surface area contributed by atoms with Gasteiger partial charge in [0.15, 0.2) is 0 Å². The minimum absolute atomic E-state index is 0.0260. The summed E-state index contributed by atoms with van der Waals surface area (Å²) in [6, 6.07) is 0. The highest BCUT2D eigenvalue weighted by Crippen LogP contribution is 2.16. The van der Waals surface area contributed by atoms with Crippen molar-refractivity contribution in [2.45, 2.75) is 6.54 Å². The van der Waals surface area contributed by atoms with Crippen molar-refractivity contribution >= 4 is 17.2 Å². The van der Waals surface area contributed by atoms with Crippen molar-refractivity contribution < 1.29 is 14.6 Å². The third kappa shape index (κ3) is 4.48. The minimum Gasteiger partial charge on any atom is -0.395 e. The molecular formula is C15H24N4O3S. The molecule has 0 aromatic carbocycles. The molecule has 8 heteroatoms. The van der Waals surface area contributed by atoms with Crippen LogP contribution in [0.3, 0.4) is 0 Å². The van der Waals surface area contributed by atoms with Crippen LogP contribution in [0.1, 0.15) is 15.5 Å². The molecule has 7 nitrogen and oxygen atoms in total. The van der Waals surface area contributed by atoms with Crippen molar-refractivity contribution in [2.24, 2.45) is 0 Å². The highest BCUT2D eigenvalue weighted by molar-refractivity contribution is 7.09. The Labute approximate surface area is 140 Å². The van der Waals surface area contributed by atoms with Crippen LogP contribution in [0.25, 0.3) is 0 Å². The fraction of sp³-hybridized carbons (Fsp3) is 0.733. The second kappa shape index (κ2) is 8.16. The zero-order valence-corrected chi connectivity index (χ0v) is 14.1. The van der Waals surface area contributed by atoms with E-state index in [4.69, 9.17) is 9.84 Å². The Hall–Kier alpha value is -1.06. The van der Waals surface area contributed by atoms with Gasteiger partial charge < -0.3 is 14.7 Å². The summed E-state index contributed by atoms with van der Waals surface area (Å²) >= 11 is 1.56. The van der Waals surface area contributed by atoms with Gasteiger partial charge in [-0.3, -0.25) is 14.6 Å². The average Bonchev–Trinajstić information content (AvgIpc) is 3.05. The van der Waals surface area contributed by atoms with Gasteiger partial charge in [0.2, 0.25) is 0 Å². The molecule has 0 saturated carbocycles. The fourth-order valence-electron chi connectivity index (χ4n) is 2.91. The van der Waals surface area contributed by atoms with E-state index in [-0.39, 0.29) is 12.5 Å². The number of rotatable bonds is 5. The first-order valence-corrected chi connectivity index (χ1v) is 9.01. The van der Waals surface area contributed by atoms with Gasteiger partial charge in [0, 0.05) is 51.2 Å². The Bertz CT molecular complexity index is 511. The molecule has 1 aromatic heterocycles. The molecule has 1 aromatic rings. The Morgan fingerprint density at radius 2 is 1.91 bits per heavy atom. The van der Waals surface area contributed by atoms with Gasteiger partial charge >= 0.3 is 0 Å². The molecule has 3 heterocycles. The van der Waals surface area contributed by atoms with Crippen LogP contribution in [0.2, 0.25) is 0 Å². The normalized spacial score (nSPS) is 20.8. The molecule has 23 heavy (non-hydrogen) atoms. The summed E-state index contributed by atoms with van der Waals surface area (Å²) in [4.78, 5) is 23.4. The number of carbonyl (C=O) groups excluding carboxylic acids is 1.